The van der Waals surface area contributed by atoms with E-state index in [1.54, 1.807) is 11.7 Å². The molecule has 4 nitrogen and oxygen atoms in total. The Labute approximate surface area is 83.9 Å². The minimum Gasteiger partial charge on any atom is -0.307 e. The van der Waals surface area contributed by atoms with Crippen LogP contribution in [-0.2, 0) is 0 Å². The van der Waals surface area contributed by atoms with E-state index in [2.05, 4.69) is 15.2 Å². The number of imidazole rings is 1. The van der Waals surface area contributed by atoms with Crippen molar-refractivity contribution >= 4 is 17.0 Å². The minimum atomic E-state index is 0.926. The molecule has 0 aliphatic heterocycles. The van der Waals surface area contributed by atoms with Crippen molar-refractivity contribution in [3.05, 3.63) is 36.2 Å². The van der Waals surface area contributed by atoms with Crippen molar-refractivity contribution in [2.45, 2.75) is 0 Å². The van der Waals surface area contributed by atoms with Crippen LogP contribution in [0.4, 0.5) is 0 Å². The SMILES string of the molecule is c1cn2ccc(-c3nncs3)cc2n1. The van der Waals surface area contributed by atoms with E-state index in [1.165, 1.54) is 11.3 Å². The smallest absolute Gasteiger partial charge is 0.147 e. The van der Waals surface area contributed by atoms with Gasteiger partial charge >= 0.3 is 0 Å². The number of hydrogen-bond donors (Lipinski definition) is 0. The second kappa shape index (κ2) is 2.88. The molecule has 0 saturated carbocycles. The molecule has 0 saturated heterocycles. The van der Waals surface area contributed by atoms with Crippen LogP contribution >= 0.6 is 11.3 Å². The Morgan fingerprint density at radius 1 is 1.29 bits per heavy atom. The molecule has 0 fully saturated rings. The summed E-state index contributed by atoms with van der Waals surface area (Å²) in [7, 11) is 0. The lowest BCUT2D eigenvalue weighted by atomic mass is 10.3. The largest absolute Gasteiger partial charge is 0.307 e. The maximum Gasteiger partial charge on any atom is 0.147 e. The first-order chi connectivity index (χ1) is 6.93. The van der Waals surface area contributed by atoms with Gasteiger partial charge in [0.05, 0.1) is 0 Å². The zero-order valence-electron chi connectivity index (χ0n) is 7.16. The van der Waals surface area contributed by atoms with Crippen molar-refractivity contribution < 1.29 is 0 Å². The Hall–Kier alpha value is -1.75. The van der Waals surface area contributed by atoms with Crippen molar-refractivity contribution in [3.63, 3.8) is 0 Å². The maximum atomic E-state index is 4.21. The molecule has 0 atom stereocenters. The second-order valence-electron chi connectivity index (χ2n) is 2.85. The molecule has 3 rings (SSSR count). The number of hydrogen-bond acceptors (Lipinski definition) is 4. The summed E-state index contributed by atoms with van der Waals surface area (Å²) in [5, 5.41) is 8.74. The molecule has 68 valence electrons. The molecule has 0 aliphatic carbocycles. The van der Waals surface area contributed by atoms with Crippen LogP contribution in [0.15, 0.2) is 36.2 Å². The third-order valence-electron chi connectivity index (χ3n) is 2.00. The molecule has 3 aromatic rings. The van der Waals surface area contributed by atoms with E-state index in [1.807, 2.05) is 28.9 Å². The molecule has 0 radical (unpaired) electrons. The Morgan fingerprint density at radius 3 is 3.14 bits per heavy atom. The van der Waals surface area contributed by atoms with Gasteiger partial charge in [-0.25, -0.2) is 4.98 Å². The van der Waals surface area contributed by atoms with Crippen LogP contribution < -0.4 is 0 Å². The summed E-state index contributed by atoms with van der Waals surface area (Å²) in [5.74, 6) is 0. The van der Waals surface area contributed by atoms with E-state index < -0.39 is 0 Å². The summed E-state index contributed by atoms with van der Waals surface area (Å²) in [4.78, 5) is 4.21. The molecular formula is C9H6N4S. The molecule has 0 bridgehead atoms. The van der Waals surface area contributed by atoms with E-state index in [0.717, 1.165) is 16.2 Å². The number of aromatic nitrogens is 4. The minimum absolute atomic E-state index is 0.926. The molecule has 0 unspecified atom stereocenters. The first kappa shape index (κ1) is 7.64. The molecule has 5 heteroatoms. The molecule has 0 spiro atoms. The van der Waals surface area contributed by atoms with Gasteiger partial charge in [0, 0.05) is 24.2 Å². The lowest BCUT2D eigenvalue weighted by molar-refractivity contribution is 1.09. The van der Waals surface area contributed by atoms with Gasteiger partial charge in [-0.2, -0.15) is 0 Å². The highest BCUT2D eigenvalue weighted by molar-refractivity contribution is 7.12. The van der Waals surface area contributed by atoms with Gasteiger partial charge in [0.1, 0.15) is 16.2 Å². The summed E-state index contributed by atoms with van der Waals surface area (Å²) in [6.45, 7) is 0. The maximum absolute atomic E-state index is 4.21. The molecule has 14 heavy (non-hydrogen) atoms. The van der Waals surface area contributed by atoms with Gasteiger partial charge in [0.25, 0.3) is 0 Å². The van der Waals surface area contributed by atoms with Gasteiger partial charge in [0.2, 0.25) is 0 Å². The van der Waals surface area contributed by atoms with E-state index in [4.69, 9.17) is 0 Å². The first-order valence-electron chi connectivity index (χ1n) is 4.13. The number of rotatable bonds is 1. The average molecular weight is 202 g/mol. The van der Waals surface area contributed by atoms with Crippen molar-refractivity contribution in [2.24, 2.45) is 0 Å². The van der Waals surface area contributed by atoms with Crippen molar-refractivity contribution in [2.75, 3.05) is 0 Å². The highest BCUT2D eigenvalue weighted by Crippen LogP contribution is 2.21. The molecule has 0 amide bonds. The molecule has 0 N–H and O–H groups in total. The first-order valence-corrected chi connectivity index (χ1v) is 5.01. The second-order valence-corrected chi connectivity index (χ2v) is 3.69. The van der Waals surface area contributed by atoms with Gasteiger partial charge < -0.3 is 4.40 Å². The molecule has 3 aromatic heterocycles. The van der Waals surface area contributed by atoms with Crippen molar-refractivity contribution in [1.29, 1.82) is 0 Å². The molecule has 3 heterocycles. The summed E-state index contributed by atoms with van der Waals surface area (Å²) in [6, 6.07) is 4.01. The number of nitrogens with zero attached hydrogens (tertiary/aromatic N) is 4. The van der Waals surface area contributed by atoms with Gasteiger partial charge in [-0.1, -0.05) is 11.3 Å². The summed E-state index contributed by atoms with van der Waals surface area (Å²) < 4.78 is 1.96. The Bertz CT molecular complexity index is 555. The van der Waals surface area contributed by atoms with Crippen LogP contribution in [0, 0.1) is 0 Å². The van der Waals surface area contributed by atoms with E-state index in [9.17, 15) is 0 Å². The zero-order valence-corrected chi connectivity index (χ0v) is 7.98. The lowest BCUT2D eigenvalue weighted by Gasteiger charge is -1.96. The van der Waals surface area contributed by atoms with E-state index >= 15 is 0 Å². The Kier molecular flexibility index (Phi) is 1.57. The van der Waals surface area contributed by atoms with E-state index in [0.29, 0.717) is 0 Å². The topological polar surface area (TPSA) is 43.1 Å². The van der Waals surface area contributed by atoms with Crippen LogP contribution in [0.25, 0.3) is 16.2 Å². The van der Waals surface area contributed by atoms with Crippen LogP contribution in [0.3, 0.4) is 0 Å². The normalized spacial score (nSPS) is 10.9. The third-order valence-corrected chi connectivity index (χ3v) is 2.75. The third kappa shape index (κ3) is 1.10. The predicted octanol–water partition coefficient (Wildman–Crippen LogP) is 1.85. The predicted molar refractivity (Wildman–Crippen MR) is 54.1 cm³/mol. The van der Waals surface area contributed by atoms with E-state index in [-0.39, 0.29) is 0 Å². The standard InChI is InChI=1S/C9H6N4S/c1-3-13-4-2-10-8(13)5-7(1)9-12-11-6-14-9/h1-6H. The van der Waals surface area contributed by atoms with Gasteiger partial charge in [-0.15, -0.1) is 10.2 Å². The Balaban J connectivity index is 2.23. The summed E-state index contributed by atoms with van der Waals surface area (Å²) in [5.41, 5.74) is 3.72. The van der Waals surface area contributed by atoms with Crippen molar-refractivity contribution in [3.8, 4) is 10.6 Å². The molecule has 0 aromatic carbocycles. The van der Waals surface area contributed by atoms with Crippen LogP contribution in [0.2, 0.25) is 0 Å². The van der Waals surface area contributed by atoms with Crippen LogP contribution in [-0.4, -0.2) is 19.6 Å². The monoisotopic (exact) mass is 202 g/mol. The summed E-state index contributed by atoms with van der Waals surface area (Å²) in [6.07, 6.45) is 5.66. The fourth-order valence-corrected chi connectivity index (χ4v) is 1.89. The molecular weight excluding hydrogens is 196 g/mol. The number of pyridine rings is 1. The zero-order chi connectivity index (χ0) is 9.38. The van der Waals surface area contributed by atoms with Crippen molar-refractivity contribution in [1.82, 2.24) is 19.6 Å². The fraction of sp³-hybridized carbons (Fsp3) is 0. The lowest BCUT2D eigenvalue weighted by Crippen LogP contribution is -1.84. The summed E-state index contributed by atoms with van der Waals surface area (Å²) >= 11 is 1.53. The van der Waals surface area contributed by atoms with Crippen LogP contribution in [0.5, 0.6) is 0 Å². The fourth-order valence-electron chi connectivity index (χ4n) is 1.34. The average Bonchev–Trinajstić information content (AvgIpc) is 2.88. The molecule has 0 aliphatic rings. The van der Waals surface area contributed by atoms with Crippen LogP contribution in [0.1, 0.15) is 0 Å². The number of fused-ring (bicyclic) bond motifs is 1. The Morgan fingerprint density at radius 2 is 2.29 bits per heavy atom. The van der Waals surface area contributed by atoms with Gasteiger partial charge in [-0.05, 0) is 12.1 Å². The highest BCUT2D eigenvalue weighted by atomic mass is 32.1. The quantitative estimate of drug-likeness (QED) is 0.604. The van der Waals surface area contributed by atoms with Gasteiger partial charge in [-0.3, -0.25) is 0 Å². The highest BCUT2D eigenvalue weighted by Gasteiger charge is 2.02. The van der Waals surface area contributed by atoms with Gasteiger partial charge in [0.15, 0.2) is 0 Å².